The van der Waals surface area contributed by atoms with Crippen LogP contribution in [0.5, 0.6) is 0 Å². The van der Waals surface area contributed by atoms with Crippen LogP contribution >= 0.6 is 10.8 Å². The largest absolute Gasteiger partial charge is 0.416 e. The Morgan fingerprint density at radius 2 is 1.85 bits per heavy atom. The molecule has 1 aromatic heterocycles. The molecule has 0 aliphatic heterocycles. The lowest BCUT2D eigenvalue weighted by Gasteiger charge is -2.28. The van der Waals surface area contributed by atoms with Crippen LogP contribution in [0.2, 0.25) is 0 Å². The monoisotopic (exact) mass is 411 g/mol. The molecular weight excluding hydrogens is 391 g/mol. The Balaban J connectivity index is 2.89. The van der Waals surface area contributed by atoms with Gasteiger partial charge in [0.1, 0.15) is 0 Å². The van der Waals surface area contributed by atoms with Crippen LogP contribution in [0.3, 0.4) is 0 Å². The van der Waals surface area contributed by atoms with E-state index in [9.17, 15) is 31.9 Å². The normalized spacial score (nSPS) is 14.6. The van der Waals surface area contributed by atoms with Crippen molar-refractivity contribution < 1.29 is 27.0 Å². The summed E-state index contributed by atoms with van der Waals surface area (Å²) in [7, 11) is -2.22. The van der Waals surface area contributed by atoms with Gasteiger partial charge in [0, 0.05) is 13.4 Å². The molecule has 0 fully saturated rings. The van der Waals surface area contributed by atoms with E-state index in [2.05, 4.69) is 4.98 Å². The first-order valence-corrected chi connectivity index (χ1v) is 9.65. The SMILES string of the molecule is COC(c1cc2c(=O)n(NS(C)(O)O)c(=O)[nH]c2cc1C(F)(F)F)C(C)C. The third kappa shape index (κ3) is 4.46. The summed E-state index contributed by atoms with van der Waals surface area (Å²) in [6, 6.07) is 1.68. The molecule has 1 aromatic carbocycles. The van der Waals surface area contributed by atoms with Crippen LogP contribution < -0.4 is 16.1 Å². The number of nitrogens with one attached hydrogen (secondary N) is 2. The number of hydrogen-bond donors (Lipinski definition) is 4. The number of halogens is 3. The zero-order chi connectivity index (χ0) is 20.7. The molecule has 0 aliphatic carbocycles. The van der Waals surface area contributed by atoms with E-state index in [4.69, 9.17) is 4.74 Å². The maximum atomic E-state index is 13.5. The lowest BCUT2D eigenvalue weighted by Crippen LogP contribution is -2.42. The van der Waals surface area contributed by atoms with E-state index >= 15 is 0 Å². The van der Waals surface area contributed by atoms with Crippen LogP contribution in [0.1, 0.15) is 31.1 Å². The Kier molecular flexibility index (Phi) is 5.66. The summed E-state index contributed by atoms with van der Waals surface area (Å²) in [5, 5.41) is -0.239. The van der Waals surface area contributed by atoms with Crippen molar-refractivity contribution in [2.45, 2.75) is 26.1 Å². The third-order valence-electron chi connectivity index (χ3n) is 3.80. The summed E-state index contributed by atoms with van der Waals surface area (Å²) in [5.41, 5.74) is -3.78. The second-order valence-electron chi connectivity index (χ2n) is 6.38. The van der Waals surface area contributed by atoms with Gasteiger partial charge < -0.3 is 9.72 Å². The smallest absolute Gasteiger partial charge is 0.376 e. The molecule has 0 spiro atoms. The molecule has 1 heterocycles. The Morgan fingerprint density at radius 3 is 2.30 bits per heavy atom. The first-order chi connectivity index (χ1) is 12.3. The standard InChI is InChI=1S/C15H20F3N3O5S/c1-7(2)12(26-3)8-5-9-11(6-10(8)15(16,17)18)19-14(23)21(13(9)22)20-27(4,24)25/h5-7,12,20,24-25H,1-4H3,(H,19,23). The van der Waals surface area contributed by atoms with E-state index in [1.54, 1.807) is 13.8 Å². The van der Waals surface area contributed by atoms with E-state index in [1.807, 2.05) is 4.83 Å². The van der Waals surface area contributed by atoms with E-state index in [-0.39, 0.29) is 22.4 Å². The number of H-pyrrole nitrogens is 1. The molecule has 27 heavy (non-hydrogen) atoms. The fourth-order valence-corrected chi connectivity index (χ4v) is 3.29. The first-order valence-electron chi connectivity index (χ1n) is 7.70. The second-order valence-corrected chi connectivity index (χ2v) is 8.23. The maximum Gasteiger partial charge on any atom is 0.416 e. The average Bonchev–Trinajstić information content (AvgIpc) is 2.50. The minimum Gasteiger partial charge on any atom is -0.376 e. The van der Waals surface area contributed by atoms with Crippen molar-refractivity contribution in [3.8, 4) is 0 Å². The van der Waals surface area contributed by atoms with Crippen molar-refractivity contribution in [3.63, 3.8) is 0 Å². The van der Waals surface area contributed by atoms with Gasteiger partial charge in [-0.25, -0.2) is 9.63 Å². The summed E-state index contributed by atoms with van der Waals surface area (Å²) in [4.78, 5) is 28.7. The number of rotatable bonds is 5. The van der Waals surface area contributed by atoms with Gasteiger partial charge in [-0.3, -0.25) is 13.9 Å². The van der Waals surface area contributed by atoms with Crippen molar-refractivity contribution in [1.82, 2.24) is 9.66 Å². The number of nitrogens with zero attached hydrogens (tertiary/aromatic N) is 1. The Labute approximate surface area is 153 Å². The number of fused-ring (bicyclic) bond motifs is 1. The van der Waals surface area contributed by atoms with Gasteiger partial charge in [-0.15, -0.1) is 10.8 Å². The molecule has 0 amide bonds. The Morgan fingerprint density at radius 1 is 1.26 bits per heavy atom. The average molecular weight is 411 g/mol. The van der Waals surface area contributed by atoms with E-state index in [0.717, 1.165) is 12.3 Å². The molecule has 1 unspecified atom stereocenters. The summed E-state index contributed by atoms with van der Waals surface area (Å²) in [6.07, 6.45) is -4.75. The number of aromatic amines is 1. The molecule has 2 aromatic rings. The van der Waals surface area contributed by atoms with Gasteiger partial charge in [0.05, 0.1) is 22.6 Å². The van der Waals surface area contributed by atoms with E-state index < -0.39 is 39.9 Å². The predicted molar refractivity (Wildman–Crippen MR) is 96.6 cm³/mol. The summed E-state index contributed by atoms with van der Waals surface area (Å²) >= 11 is 0. The van der Waals surface area contributed by atoms with E-state index in [1.165, 1.54) is 7.11 Å². The third-order valence-corrected chi connectivity index (χ3v) is 4.33. The first kappa shape index (κ1) is 21.3. The highest BCUT2D eigenvalue weighted by Gasteiger charge is 2.37. The van der Waals surface area contributed by atoms with Gasteiger partial charge in [0.25, 0.3) is 5.56 Å². The molecule has 0 bridgehead atoms. The molecular formula is C15H20F3N3O5S. The number of methoxy groups -OCH3 is 1. The van der Waals surface area contributed by atoms with Crippen molar-refractivity contribution in [2.75, 3.05) is 18.2 Å². The van der Waals surface area contributed by atoms with Gasteiger partial charge >= 0.3 is 11.9 Å². The Hall–Kier alpha value is -2.02. The molecule has 0 radical (unpaired) electrons. The maximum absolute atomic E-state index is 13.5. The molecule has 2 rings (SSSR count). The summed E-state index contributed by atoms with van der Waals surface area (Å²) in [5.74, 6) is -0.334. The summed E-state index contributed by atoms with van der Waals surface area (Å²) in [6.45, 7) is 3.33. The van der Waals surface area contributed by atoms with Gasteiger partial charge in [0.15, 0.2) is 0 Å². The lowest BCUT2D eigenvalue weighted by molar-refractivity contribution is -0.139. The van der Waals surface area contributed by atoms with Crippen molar-refractivity contribution in [3.05, 3.63) is 44.1 Å². The molecule has 1 atom stereocenters. The fraction of sp³-hybridized carbons (Fsp3) is 0.467. The van der Waals surface area contributed by atoms with Crippen LogP contribution in [0.4, 0.5) is 13.2 Å². The number of benzene rings is 1. The molecule has 152 valence electrons. The van der Waals surface area contributed by atoms with Gasteiger partial charge in [-0.1, -0.05) is 13.8 Å². The lowest BCUT2D eigenvalue weighted by atomic mass is 9.93. The molecule has 8 nitrogen and oxygen atoms in total. The molecule has 0 saturated carbocycles. The molecule has 0 aliphatic rings. The van der Waals surface area contributed by atoms with Gasteiger partial charge in [-0.05, 0) is 23.6 Å². The molecule has 12 heteroatoms. The Bertz CT molecular complexity index is 963. The number of hydrogen-bond acceptors (Lipinski definition) is 6. The van der Waals surface area contributed by atoms with Crippen LogP contribution in [-0.4, -0.2) is 32.1 Å². The second kappa shape index (κ2) is 7.19. The van der Waals surface area contributed by atoms with Crippen molar-refractivity contribution in [1.29, 1.82) is 0 Å². The zero-order valence-electron chi connectivity index (χ0n) is 14.9. The number of ether oxygens (including phenoxy) is 1. The minimum absolute atomic E-state index is 0.239. The number of aromatic nitrogens is 2. The van der Waals surface area contributed by atoms with Crippen molar-refractivity contribution in [2.24, 2.45) is 5.92 Å². The van der Waals surface area contributed by atoms with Gasteiger partial charge in [0.2, 0.25) is 0 Å². The fourth-order valence-electron chi connectivity index (χ4n) is 2.78. The minimum atomic E-state index is -4.74. The highest BCUT2D eigenvalue weighted by Crippen LogP contribution is 2.39. The summed E-state index contributed by atoms with van der Waals surface area (Å²) < 4.78 is 65.0. The molecule has 0 saturated heterocycles. The topological polar surface area (TPSA) is 117 Å². The predicted octanol–water partition coefficient (Wildman–Crippen LogP) is 2.89. The van der Waals surface area contributed by atoms with Crippen LogP contribution in [0, 0.1) is 5.92 Å². The molecule has 4 N–H and O–H groups in total. The van der Waals surface area contributed by atoms with E-state index in [0.29, 0.717) is 10.7 Å². The highest BCUT2D eigenvalue weighted by atomic mass is 32.3. The van der Waals surface area contributed by atoms with Crippen molar-refractivity contribution >= 4 is 21.7 Å². The number of alkyl halides is 3. The van der Waals surface area contributed by atoms with Crippen LogP contribution in [0.15, 0.2) is 21.7 Å². The quantitative estimate of drug-likeness (QED) is 0.601. The van der Waals surface area contributed by atoms with Crippen LogP contribution in [-0.2, 0) is 10.9 Å². The highest BCUT2D eigenvalue weighted by molar-refractivity contribution is 8.24. The van der Waals surface area contributed by atoms with Crippen LogP contribution in [0.25, 0.3) is 10.9 Å². The van der Waals surface area contributed by atoms with Gasteiger partial charge in [-0.2, -0.15) is 17.8 Å². The zero-order valence-corrected chi connectivity index (χ0v) is 15.7.